The van der Waals surface area contributed by atoms with Crippen LogP contribution in [0.2, 0.25) is 0 Å². The second-order valence-electron chi connectivity index (χ2n) is 5.11. The fraction of sp³-hybridized carbons (Fsp3) is 0.471. The number of benzene rings is 1. The molecule has 0 amide bonds. The summed E-state index contributed by atoms with van der Waals surface area (Å²) in [5, 5.41) is 3.59. The van der Waals surface area contributed by atoms with Crippen LogP contribution in [0.25, 0.3) is 0 Å². The van der Waals surface area contributed by atoms with Gasteiger partial charge in [0.25, 0.3) is 0 Å². The van der Waals surface area contributed by atoms with E-state index in [-0.39, 0.29) is 0 Å². The molecule has 4 heteroatoms. The molecule has 1 unspecified atom stereocenters. The van der Waals surface area contributed by atoms with Gasteiger partial charge in [-0.05, 0) is 36.4 Å². The Hall–Kier alpha value is -1.26. The lowest BCUT2D eigenvalue weighted by atomic mass is 10.0. The summed E-state index contributed by atoms with van der Waals surface area (Å²) in [6.07, 6.45) is 5.94. The van der Waals surface area contributed by atoms with Crippen LogP contribution in [0.5, 0.6) is 0 Å². The van der Waals surface area contributed by atoms with E-state index in [4.69, 9.17) is 0 Å². The highest BCUT2D eigenvalue weighted by Gasteiger charge is 2.11. The normalized spacial score (nSPS) is 12.5. The zero-order chi connectivity index (χ0) is 15.1. The summed E-state index contributed by atoms with van der Waals surface area (Å²) in [5.41, 5.74) is 1.37. The van der Waals surface area contributed by atoms with E-state index in [9.17, 15) is 0 Å². The molecule has 1 atom stereocenters. The third-order valence-electron chi connectivity index (χ3n) is 3.62. The van der Waals surface area contributed by atoms with Crippen molar-refractivity contribution in [3.8, 4) is 0 Å². The van der Waals surface area contributed by atoms with Gasteiger partial charge in [-0.25, -0.2) is 4.98 Å². The molecular weight excluding hydrogens is 278 g/mol. The molecule has 0 spiro atoms. The molecule has 2 aromatic rings. The number of rotatable bonds is 8. The number of aromatic nitrogens is 2. The number of hydrogen-bond acceptors (Lipinski definition) is 3. The lowest BCUT2D eigenvalue weighted by Gasteiger charge is -2.18. The number of nitrogens with one attached hydrogen (secondary N) is 1. The van der Waals surface area contributed by atoms with Crippen molar-refractivity contribution in [2.75, 3.05) is 12.3 Å². The van der Waals surface area contributed by atoms with E-state index in [1.165, 1.54) is 10.5 Å². The molecule has 0 saturated heterocycles. The van der Waals surface area contributed by atoms with Gasteiger partial charge in [0.2, 0.25) is 0 Å². The molecule has 1 N–H and O–H groups in total. The number of thioether (sulfide) groups is 1. The van der Waals surface area contributed by atoms with Gasteiger partial charge in [-0.15, -0.1) is 11.8 Å². The maximum Gasteiger partial charge on any atom is 0.108 e. The van der Waals surface area contributed by atoms with E-state index in [0.29, 0.717) is 6.04 Å². The molecule has 0 aliphatic carbocycles. The van der Waals surface area contributed by atoms with E-state index in [1.54, 1.807) is 0 Å². The molecule has 0 saturated carbocycles. The summed E-state index contributed by atoms with van der Waals surface area (Å²) in [6, 6.07) is 9.36. The zero-order valence-electron chi connectivity index (χ0n) is 13.2. The summed E-state index contributed by atoms with van der Waals surface area (Å²) < 4.78 is 2.10. The van der Waals surface area contributed by atoms with Crippen LogP contribution >= 0.6 is 11.8 Å². The first-order valence-electron chi connectivity index (χ1n) is 7.67. The molecule has 0 aliphatic rings. The first-order chi connectivity index (χ1) is 10.2. The van der Waals surface area contributed by atoms with Gasteiger partial charge in [-0.1, -0.05) is 26.0 Å². The van der Waals surface area contributed by atoms with Crippen molar-refractivity contribution in [1.29, 1.82) is 0 Å². The van der Waals surface area contributed by atoms with Gasteiger partial charge >= 0.3 is 0 Å². The van der Waals surface area contributed by atoms with Crippen LogP contribution in [0.15, 0.2) is 41.6 Å². The molecule has 1 heterocycles. The largest absolute Gasteiger partial charge is 0.338 e. The van der Waals surface area contributed by atoms with Crippen molar-refractivity contribution in [3.05, 3.63) is 48.0 Å². The van der Waals surface area contributed by atoms with Gasteiger partial charge in [0.05, 0.1) is 0 Å². The summed E-state index contributed by atoms with van der Waals surface area (Å²) in [6.45, 7) is 5.33. The minimum absolute atomic E-state index is 0.396. The van der Waals surface area contributed by atoms with Gasteiger partial charge in [0.1, 0.15) is 5.82 Å². The smallest absolute Gasteiger partial charge is 0.108 e. The Balaban J connectivity index is 2.02. The van der Waals surface area contributed by atoms with Gasteiger partial charge in [0.15, 0.2) is 0 Å². The first kappa shape index (κ1) is 16.1. The predicted octanol–water partition coefficient (Wildman–Crippen LogP) is 3.82. The maximum absolute atomic E-state index is 4.41. The molecular formula is C17H25N3S. The maximum atomic E-state index is 4.41. The highest BCUT2D eigenvalue weighted by atomic mass is 32.2. The van der Waals surface area contributed by atoms with Crippen LogP contribution in [-0.2, 0) is 13.5 Å². The molecule has 0 bridgehead atoms. The van der Waals surface area contributed by atoms with Gasteiger partial charge < -0.3 is 9.88 Å². The van der Waals surface area contributed by atoms with E-state index in [0.717, 1.165) is 31.0 Å². The Morgan fingerprint density at radius 1 is 1.24 bits per heavy atom. The summed E-state index contributed by atoms with van der Waals surface area (Å²) >= 11 is 1.89. The van der Waals surface area contributed by atoms with Crippen molar-refractivity contribution >= 4 is 11.8 Å². The average Bonchev–Trinajstić information content (AvgIpc) is 2.90. The molecule has 2 rings (SSSR count). The quantitative estimate of drug-likeness (QED) is 0.752. The van der Waals surface area contributed by atoms with Crippen LogP contribution in [0.3, 0.4) is 0 Å². The van der Waals surface area contributed by atoms with Crippen LogP contribution < -0.4 is 5.32 Å². The van der Waals surface area contributed by atoms with E-state index in [2.05, 4.69) is 60.0 Å². The van der Waals surface area contributed by atoms with Crippen LogP contribution in [0.1, 0.15) is 37.7 Å². The van der Waals surface area contributed by atoms with Crippen molar-refractivity contribution in [1.82, 2.24) is 14.9 Å². The lowest BCUT2D eigenvalue weighted by molar-refractivity contribution is 0.505. The summed E-state index contributed by atoms with van der Waals surface area (Å²) in [5.74, 6) is 2.27. The Morgan fingerprint density at radius 3 is 2.57 bits per heavy atom. The van der Waals surface area contributed by atoms with Gasteiger partial charge in [0, 0.05) is 36.8 Å². The Labute approximate surface area is 132 Å². The minimum Gasteiger partial charge on any atom is -0.338 e. The van der Waals surface area contributed by atoms with Crippen LogP contribution in [0.4, 0.5) is 0 Å². The zero-order valence-corrected chi connectivity index (χ0v) is 14.0. The molecule has 0 fully saturated rings. The van der Waals surface area contributed by atoms with E-state index < -0.39 is 0 Å². The SMILES string of the molecule is CCNC(CCc1nccn1C)c1ccc(SCC)cc1. The number of aryl methyl sites for hydroxylation is 2. The predicted molar refractivity (Wildman–Crippen MR) is 90.8 cm³/mol. The first-order valence-corrected chi connectivity index (χ1v) is 8.65. The number of nitrogens with zero attached hydrogens (tertiary/aromatic N) is 2. The standard InChI is InChI=1S/C17H25N3S/c1-4-18-16(10-11-17-19-12-13-20(17)3)14-6-8-15(9-7-14)21-5-2/h6-9,12-13,16,18H,4-5,10-11H2,1-3H3. The lowest BCUT2D eigenvalue weighted by Crippen LogP contribution is -2.21. The number of imidazole rings is 1. The van der Waals surface area contributed by atoms with Crippen LogP contribution in [0, 0.1) is 0 Å². The molecule has 1 aromatic carbocycles. The highest BCUT2D eigenvalue weighted by molar-refractivity contribution is 7.99. The molecule has 0 radical (unpaired) electrons. The Bertz CT molecular complexity index is 533. The average molecular weight is 303 g/mol. The van der Waals surface area contributed by atoms with E-state index in [1.807, 2.05) is 24.2 Å². The third-order valence-corrected chi connectivity index (χ3v) is 4.52. The van der Waals surface area contributed by atoms with Crippen molar-refractivity contribution in [3.63, 3.8) is 0 Å². The van der Waals surface area contributed by atoms with Crippen LogP contribution in [-0.4, -0.2) is 21.8 Å². The monoisotopic (exact) mass is 303 g/mol. The molecule has 1 aromatic heterocycles. The topological polar surface area (TPSA) is 29.9 Å². The molecule has 114 valence electrons. The fourth-order valence-corrected chi connectivity index (χ4v) is 3.17. The second-order valence-corrected chi connectivity index (χ2v) is 6.44. The fourth-order valence-electron chi connectivity index (χ4n) is 2.51. The Kier molecular flexibility index (Phi) is 6.33. The van der Waals surface area contributed by atoms with Gasteiger partial charge in [-0.3, -0.25) is 0 Å². The van der Waals surface area contributed by atoms with Crippen molar-refractivity contribution in [2.24, 2.45) is 7.05 Å². The summed E-state index contributed by atoms with van der Waals surface area (Å²) in [7, 11) is 2.06. The van der Waals surface area contributed by atoms with Crippen molar-refractivity contribution < 1.29 is 0 Å². The minimum atomic E-state index is 0.396. The number of hydrogen-bond donors (Lipinski definition) is 1. The molecule has 3 nitrogen and oxygen atoms in total. The molecule has 0 aliphatic heterocycles. The second kappa shape index (κ2) is 8.25. The Morgan fingerprint density at radius 2 is 2.00 bits per heavy atom. The van der Waals surface area contributed by atoms with Crippen molar-refractivity contribution in [2.45, 2.75) is 37.6 Å². The highest BCUT2D eigenvalue weighted by Crippen LogP contribution is 2.23. The van der Waals surface area contributed by atoms with Gasteiger partial charge in [-0.2, -0.15) is 0 Å². The van der Waals surface area contributed by atoms with E-state index >= 15 is 0 Å². The molecule has 21 heavy (non-hydrogen) atoms. The summed E-state index contributed by atoms with van der Waals surface area (Å²) in [4.78, 5) is 5.76. The third kappa shape index (κ3) is 4.61.